The number of ether oxygens (including phenoxy) is 1. The maximum absolute atomic E-state index is 11.6. The molecule has 0 aliphatic carbocycles. The van der Waals surface area contributed by atoms with E-state index in [2.05, 4.69) is 4.98 Å². The molecule has 1 atom stereocenters. The molecule has 1 N–H and O–H groups in total. The molecule has 1 aliphatic rings. The Labute approximate surface area is 151 Å². The highest BCUT2D eigenvalue weighted by atomic mass is 16.5. The highest BCUT2D eigenvalue weighted by molar-refractivity contribution is 5.93. The zero-order valence-electron chi connectivity index (χ0n) is 14.4. The van der Waals surface area contributed by atoms with E-state index in [1.165, 1.54) is 0 Å². The summed E-state index contributed by atoms with van der Waals surface area (Å²) in [5.41, 5.74) is 1.41. The smallest absolute Gasteiger partial charge is 0.337 e. The summed E-state index contributed by atoms with van der Waals surface area (Å²) in [6.07, 6.45) is 0. The molecule has 1 aromatic heterocycles. The molecule has 2 heterocycles. The summed E-state index contributed by atoms with van der Waals surface area (Å²) in [6.45, 7) is 2.66. The second-order valence-corrected chi connectivity index (χ2v) is 6.56. The van der Waals surface area contributed by atoms with Gasteiger partial charge in [0.05, 0.1) is 24.4 Å². The van der Waals surface area contributed by atoms with E-state index in [-0.39, 0.29) is 6.54 Å². The number of hydrogen-bond donors (Lipinski definition) is 1. The van der Waals surface area contributed by atoms with Gasteiger partial charge in [-0.25, -0.2) is 14.8 Å². The summed E-state index contributed by atoms with van der Waals surface area (Å²) < 4.78 is 5.48. The van der Waals surface area contributed by atoms with Gasteiger partial charge in [-0.15, -0.1) is 0 Å². The molecule has 0 radical (unpaired) electrons. The lowest BCUT2D eigenvalue weighted by atomic mass is 10.0. The number of nitrogens with zero attached hydrogens (tertiary/aromatic N) is 3. The number of benzene rings is 2. The minimum Gasteiger partial charge on any atom is -0.479 e. The summed E-state index contributed by atoms with van der Waals surface area (Å²) in [6, 6.07) is 17.8. The third-order valence-corrected chi connectivity index (χ3v) is 4.65. The number of anilines is 1. The number of aliphatic carboxylic acids is 1. The number of carboxylic acid groups (broad SMARTS) is 1. The van der Waals surface area contributed by atoms with Gasteiger partial charge >= 0.3 is 5.97 Å². The van der Waals surface area contributed by atoms with Gasteiger partial charge in [0.2, 0.25) is 5.95 Å². The summed E-state index contributed by atoms with van der Waals surface area (Å²) in [5.74, 6) is -0.454. The lowest BCUT2D eigenvalue weighted by Gasteiger charge is -2.37. The molecule has 4 rings (SSSR count). The van der Waals surface area contributed by atoms with E-state index in [0.29, 0.717) is 19.1 Å². The Balaban J connectivity index is 1.83. The van der Waals surface area contributed by atoms with Crippen LogP contribution in [-0.4, -0.2) is 46.3 Å². The van der Waals surface area contributed by atoms with E-state index in [4.69, 9.17) is 9.72 Å². The first kappa shape index (κ1) is 16.5. The maximum Gasteiger partial charge on any atom is 0.337 e. The Bertz CT molecular complexity index is 961. The van der Waals surface area contributed by atoms with Crippen molar-refractivity contribution in [3.63, 3.8) is 0 Å². The SMILES string of the molecule is CC1(C(=O)O)CN(c2nc(-c3ccccc3)c3ccccc3n2)CCO1. The van der Waals surface area contributed by atoms with Crippen LogP contribution in [0, 0.1) is 0 Å². The average Bonchev–Trinajstić information content (AvgIpc) is 2.68. The van der Waals surface area contributed by atoms with Gasteiger partial charge in [-0.3, -0.25) is 0 Å². The zero-order chi connectivity index (χ0) is 18.1. The van der Waals surface area contributed by atoms with Crippen LogP contribution >= 0.6 is 0 Å². The van der Waals surface area contributed by atoms with Crippen molar-refractivity contribution in [3.8, 4) is 11.3 Å². The van der Waals surface area contributed by atoms with Gasteiger partial charge in [0, 0.05) is 17.5 Å². The fourth-order valence-corrected chi connectivity index (χ4v) is 3.19. The molecular formula is C20H19N3O3. The number of para-hydroxylation sites is 1. The van der Waals surface area contributed by atoms with Crippen LogP contribution in [0.2, 0.25) is 0 Å². The topological polar surface area (TPSA) is 75.5 Å². The van der Waals surface area contributed by atoms with Crippen LogP contribution in [0.1, 0.15) is 6.92 Å². The first-order chi connectivity index (χ1) is 12.6. The second-order valence-electron chi connectivity index (χ2n) is 6.56. The number of aromatic nitrogens is 2. The van der Waals surface area contributed by atoms with Crippen LogP contribution in [-0.2, 0) is 9.53 Å². The highest BCUT2D eigenvalue weighted by Gasteiger charge is 2.40. The molecule has 6 nitrogen and oxygen atoms in total. The number of carbonyl (C=O) groups is 1. The monoisotopic (exact) mass is 349 g/mol. The molecule has 1 unspecified atom stereocenters. The van der Waals surface area contributed by atoms with Gasteiger partial charge in [-0.05, 0) is 13.0 Å². The van der Waals surface area contributed by atoms with Crippen molar-refractivity contribution < 1.29 is 14.6 Å². The Morgan fingerprint density at radius 3 is 2.62 bits per heavy atom. The van der Waals surface area contributed by atoms with Crippen molar-refractivity contribution in [2.45, 2.75) is 12.5 Å². The van der Waals surface area contributed by atoms with Crippen LogP contribution in [0.25, 0.3) is 22.2 Å². The summed E-state index contributed by atoms with van der Waals surface area (Å²) in [4.78, 5) is 22.9. The predicted octanol–water partition coefficient (Wildman–Crippen LogP) is 2.98. The molecule has 6 heteroatoms. The zero-order valence-corrected chi connectivity index (χ0v) is 14.4. The number of rotatable bonds is 3. The molecule has 1 aliphatic heterocycles. The summed E-state index contributed by atoms with van der Waals surface area (Å²) in [7, 11) is 0. The second kappa shape index (κ2) is 6.38. The molecule has 1 saturated heterocycles. The fourth-order valence-electron chi connectivity index (χ4n) is 3.19. The molecule has 0 saturated carbocycles. The third-order valence-electron chi connectivity index (χ3n) is 4.65. The predicted molar refractivity (Wildman–Crippen MR) is 99.2 cm³/mol. The van der Waals surface area contributed by atoms with E-state index in [1.54, 1.807) is 6.92 Å². The van der Waals surface area contributed by atoms with Crippen molar-refractivity contribution in [1.29, 1.82) is 0 Å². The van der Waals surface area contributed by atoms with Crippen molar-refractivity contribution in [2.24, 2.45) is 0 Å². The molecule has 2 aromatic carbocycles. The number of carboxylic acids is 1. The molecular weight excluding hydrogens is 330 g/mol. The van der Waals surface area contributed by atoms with Crippen molar-refractivity contribution >= 4 is 22.8 Å². The standard InChI is InChI=1S/C20H19N3O3/c1-20(18(24)25)13-23(11-12-26-20)19-21-16-10-6-5-9-15(16)17(22-19)14-7-3-2-4-8-14/h2-10H,11-13H2,1H3,(H,24,25). The Kier molecular flexibility index (Phi) is 4.05. The van der Waals surface area contributed by atoms with Crippen LogP contribution in [0.15, 0.2) is 54.6 Å². The highest BCUT2D eigenvalue weighted by Crippen LogP contribution is 2.29. The lowest BCUT2D eigenvalue weighted by molar-refractivity contribution is -0.164. The molecule has 0 bridgehead atoms. The average molecular weight is 349 g/mol. The maximum atomic E-state index is 11.6. The van der Waals surface area contributed by atoms with E-state index in [9.17, 15) is 9.90 Å². The first-order valence-corrected chi connectivity index (χ1v) is 8.51. The number of fused-ring (bicyclic) bond motifs is 1. The molecule has 0 amide bonds. The van der Waals surface area contributed by atoms with Gasteiger partial charge in [-0.2, -0.15) is 0 Å². The van der Waals surface area contributed by atoms with Crippen LogP contribution in [0.3, 0.4) is 0 Å². The van der Waals surface area contributed by atoms with Gasteiger partial charge in [-0.1, -0.05) is 48.5 Å². The van der Waals surface area contributed by atoms with Gasteiger partial charge in [0.15, 0.2) is 5.60 Å². The van der Waals surface area contributed by atoms with Crippen molar-refractivity contribution in [1.82, 2.24) is 9.97 Å². The fraction of sp³-hybridized carbons (Fsp3) is 0.250. The van der Waals surface area contributed by atoms with E-state index in [0.717, 1.165) is 22.2 Å². The van der Waals surface area contributed by atoms with E-state index in [1.807, 2.05) is 59.5 Å². The minimum absolute atomic E-state index is 0.203. The number of morpholine rings is 1. The summed E-state index contributed by atoms with van der Waals surface area (Å²) in [5, 5.41) is 10.4. The van der Waals surface area contributed by atoms with Gasteiger partial charge in [0.25, 0.3) is 0 Å². The molecule has 1 fully saturated rings. The Morgan fingerprint density at radius 1 is 1.12 bits per heavy atom. The third kappa shape index (κ3) is 2.88. The summed E-state index contributed by atoms with van der Waals surface area (Å²) >= 11 is 0. The molecule has 3 aromatic rings. The van der Waals surface area contributed by atoms with Crippen LogP contribution in [0.5, 0.6) is 0 Å². The van der Waals surface area contributed by atoms with Gasteiger partial charge in [0.1, 0.15) is 0 Å². The van der Waals surface area contributed by atoms with Crippen LogP contribution in [0.4, 0.5) is 5.95 Å². The minimum atomic E-state index is -1.26. The quantitative estimate of drug-likeness (QED) is 0.783. The van der Waals surface area contributed by atoms with Gasteiger partial charge < -0.3 is 14.7 Å². The lowest BCUT2D eigenvalue weighted by Crippen LogP contribution is -2.55. The van der Waals surface area contributed by atoms with Crippen molar-refractivity contribution in [3.05, 3.63) is 54.6 Å². The van der Waals surface area contributed by atoms with Crippen molar-refractivity contribution in [2.75, 3.05) is 24.6 Å². The number of hydrogen-bond acceptors (Lipinski definition) is 5. The Morgan fingerprint density at radius 2 is 1.85 bits per heavy atom. The largest absolute Gasteiger partial charge is 0.479 e. The van der Waals surface area contributed by atoms with E-state index < -0.39 is 11.6 Å². The normalized spacial score (nSPS) is 20.3. The molecule has 26 heavy (non-hydrogen) atoms. The van der Waals surface area contributed by atoms with Crippen LogP contribution < -0.4 is 4.90 Å². The molecule has 132 valence electrons. The molecule has 0 spiro atoms. The van der Waals surface area contributed by atoms with E-state index >= 15 is 0 Å². The first-order valence-electron chi connectivity index (χ1n) is 8.51. The Hall–Kier alpha value is -2.99.